The number of aliphatic carboxylic acids is 1. The van der Waals surface area contributed by atoms with Crippen LogP contribution in [0.3, 0.4) is 0 Å². The number of carboxylic acids is 1. The highest BCUT2D eigenvalue weighted by Gasteiger charge is 2.26. The maximum atomic E-state index is 11.8. The van der Waals surface area contributed by atoms with Crippen molar-refractivity contribution in [2.75, 3.05) is 7.05 Å². The Labute approximate surface area is 132 Å². The van der Waals surface area contributed by atoms with Crippen molar-refractivity contribution >= 4 is 49.8 Å². The Morgan fingerprint density at radius 1 is 1.30 bits per heavy atom. The Kier molecular flexibility index (Phi) is 5.70. The molecule has 0 radical (unpaired) electrons. The second-order valence-electron chi connectivity index (χ2n) is 3.96. The first-order valence-corrected chi connectivity index (χ1v) is 7.05. The third-order valence-corrected chi connectivity index (χ3v) is 3.75. The van der Waals surface area contributed by atoms with E-state index < -0.39 is 23.9 Å². The van der Waals surface area contributed by atoms with E-state index in [0.29, 0.717) is 10.0 Å². The molecule has 3 amide bonds. The second kappa shape index (κ2) is 6.85. The maximum Gasteiger partial charge on any atom is 0.331 e. The topological polar surface area (TPSA) is 86.7 Å². The Hall–Kier alpha value is -1.41. The van der Waals surface area contributed by atoms with Crippen LogP contribution in [0.2, 0.25) is 0 Å². The van der Waals surface area contributed by atoms with Crippen molar-refractivity contribution in [1.82, 2.24) is 10.2 Å². The molecule has 0 fully saturated rings. The molecular formula is C12H12Br2N2O4. The molecule has 1 aromatic rings. The summed E-state index contributed by atoms with van der Waals surface area (Å²) in [7, 11) is 1.27. The van der Waals surface area contributed by atoms with Gasteiger partial charge in [0, 0.05) is 22.9 Å². The summed E-state index contributed by atoms with van der Waals surface area (Å²) in [5.74, 6) is -1.71. The molecule has 0 saturated carbocycles. The normalized spacial score (nSPS) is 11.6. The molecule has 0 aliphatic heterocycles. The summed E-state index contributed by atoms with van der Waals surface area (Å²) in [6.45, 7) is 1.21. The van der Waals surface area contributed by atoms with Crippen LogP contribution in [0.15, 0.2) is 27.1 Å². The zero-order valence-electron chi connectivity index (χ0n) is 10.7. The summed E-state index contributed by atoms with van der Waals surface area (Å²) in [4.78, 5) is 35.0. The molecule has 6 nitrogen and oxygen atoms in total. The monoisotopic (exact) mass is 406 g/mol. The molecule has 0 saturated heterocycles. The van der Waals surface area contributed by atoms with Gasteiger partial charge in [0.1, 0.15) is 0 Å². The molecule has 0 aliphatic carbocycles. The van der Waals surface area contributed by atoms with Gasteiger partial charge in [0.05, 0.1) is 0 Å². The van der Waals surface area contributed by atoms with Crippen molar-refractivity contribution in [3.63, 3.8) is 0 Å². The van der Waals surface area contributed by atoms with E-state index in [1.165, 1.54) is 14.0 Å². The van der Waals surface area contributed by atoms with Gasteiger partial charge in [-0.05, 0) is 17.7 Å². The maximum absolute atomic E-state index is 11.8. The molecule has 0 aromatic heterocycles. The first-order valence-electron chi connectivity index (χ1n) is 5.46. The van der Waals surface area contributed by atoms with Gasteiger partial charge in [0.25, 0.3) is 0 Å². The Balaban J connectivity index is 3.04. The number of halogens is 2. The van der Waals surface area contributed by atoms with Crippen molar-refractivity contribution in [2.45, 2.75) is 13.0 Å². The molecule has 0 aliphatic rings. The average molecular weight is 408 g/mol. The summed E-state index contributed by atoms with van der Waals surface area (Å²) in [5, 5.41) is 11.5. The number of rotatable bonds is 3. The van der Waals surface area contributed by atoms with Gasteiger partial charge < -0.3 is 10.4 Å². The summed E-state index contributed by atoms with van der Waals surface area (Å²) in [6.07, 6.45) is 0. The molecule has 0 bridgehead atoms. The fourth-order valence-electron chi connectivity index (χ4n) is 1.37. The number of nitrogens with zero attached hydrogens (tertiary/aromatic N) is 1. The van der Waals surface area contributed by atoms with E-state index in [9.17, 15) is 19.5 Å². The second-order valence-corrected chi connectivity index (χ2v) is 5.73. The van der Waals surface area contributed by atoms with Crippen LogP contribution in [0.5, 0.6) is 0 Å². The SMILES string of the molecule is CC(=O)N(C)C(=O)NC(C(=O)O)c1ccc(Br)cc1Br. The van der Waals surface area contributed by atoms with Gasteiger partial charge in [-0.2, -0.15) is 0 Å². The predicted octanol–water partition coefficient (Wildman–Crippen LogP) is 2.53. The van der Waals surface area contributed by atoms with E-state index in [1.807, 2.05) is 0 Å². The molecule has 8 heteroatoms. The number of hydrogen-bond donors (Lipinski definition) is 2. The number of hydrogen-bond acceptors (Lipinski definition) is 3. The largest absolute Gasteiger partial charge is 0.479 e. The molecular weight excluding hydrogens is 396 g/mol. The summed E-state index contributed by atoms with van der Waals surface area (Å²) in [5.41, 5.74) is 0.381. The number of imide groups is 1. The van der Waals surface area contributed by atoms with E-state index >= 15 is 0 Å². The van der Waals surface area contributed by atoms with Crippen molar-refractivity contribution in [1.29, 1.82) is 0 Å². The summed E-state index contributed by atoms with van der Waals surface area (Å²) < 4.78 is 1.30. The van der Waals surface area contributed by atoms with Crippen LogP contribution in [0.1, 0.15) is 18.5 Å². The van der Waals surface area contributed by atoms with Crippen LogP contribution in [-0.2, 0) is 9.59 Å². The molecule has 2 N–H and O–H groups in total. The van der Waals surface area contributed by atoms with Crippen molar-refractivity contribution in [2.24, 2.45) is 0 Å². The minimum Gasteiger partial charge on any atom is -0.479 e. The third-order valence-electron chi connectivity index (χ3n) is 2.57. The molecule has 1 rings (SSSR count). The summed E-state index contributed by atoms with van der Waals surface area (Å²) in [6, 6.07) is 2.87. The molecule has 1 unspecified atom stereocenters. The van der Waals surface area contributed by atoms with Crippen LogP contribution in [0.4, 0.5) is 4.79 Å². The van der Waals surface area contributed by atoms with Crippen LogP contribution in [0, 0.1) is 0 Å². The zero-order chi connectivity index (χ0) is 15.4. The molecule has 0 spiro atoms. The van der Waals surface area contributed by atoms with Gasteiger partial charge in [0.15, 0.2) is 6.04 Å². The number of urea groups is 1. The number of carbonyl (C=O) groups excluding carboxylic acids is 2. The Bertz CT molecular complexity index is 562. The van der Waals surface area contributed by atoms with Gasteiger partial charge in [-0.25, -0.2) is 9.59 Å². The molecule has 0 heterocycles. The van der Waals surface area contributed by atoms with E-state index in [0.717, 1.165) is 9.37 Å². The van der Waals surface area contributed by atoms with Gasteiger partial charge >= 0.3 is 12.0 Å². The number of benzene rings is 1. The van der Waals surface area contributed by atoms with Crippen LogP contribution >= 0.6 is 31.9 Å². The fourth-order valence-corrected chi connectivity index (χ4v) is 2.65. The lowest BCUT2D eigenvalue weighted by atomic mass is 10.1. The molecule has 20 heavy (non-hydrogen) atoms. The number of nitrogens with one attached hydrogen (secondary N) is 1. The highest BCUT2D eigenvalue weighted by molar-refractivity contribution is 9.11. The lowest BCUT2D eigenvalue weighted by molar-refractivity contribution is -0.139. The first kappa shape index (κ1) is 16.6. The molecule has 108 valence electrons. The standard InChI is InChI=1S/C12H12Br2N2O4/c1-6(17)16(2)12(20)15-10(11(18)19)8-4-3-7(13)5-9(8)14/h3-5,10H,1-2H3,(H,15,20)(H,18,19). The highest BCUT2D eigenvalue weighted by atomic mass is 79.9. The molecule has 1 aromatic carbocycles. The Morgan fingerprint density at radius 2 is 1.90 bits per heavy atom. The lowest BCUT2D eigenvalue weighted by Crippen LogP contribution is -2.43. The number of amides is 3. The minimum atomic E-state index is -1.26. The van der Waals surface area contributed by atoms with Crippen LogP contribution < -0.4 is 5.32 Å². The first-order chi connectivity index (χ1) is 9.23. The smallest absolute Gasteiger partial charge is 0.331 e. The van der Waals surface area contributed by atoms with Crippen molar-refractivity contribution in [3.8, 4) is 0 Å². The van der Waals surface area contributed by atoms with Crippen molar-refractivity contribution < 1.29 is 19.5 Å². The van der Waals surface area contributed by atoms with E-state index in [1.54, 1.807) is 18.2 Å². The van der Waals surface area contributed by atoms with Gasteiger partial charge in [0.2, 0.25) is 5.91 Å². The lowest BCUT2D eigenvalue weighted by Gasteiger charge is -2.20. The van der Waals surface area contributed by atoms with Gasteiger partial charge in [-0.1, -0.05) is 37.9 Å². The van der Waals surface area contributed by atoms with Gasteiger partial charge in [-0.15, -0.1) is 0 Å². The van der Waals surface area contributed by atoms with Gasteiger partial charge in [-0.3, -0.25) is 9.69 Å². The van der Waals surface area contributed by atoms with E-state index in [-0.39, 0.29) is 0 Å². The Morgan fingerprint density at radius 3 is 2.35 bits per heavy atom. The van der Waals surface area contributed by atoms with Crippen molar-refractivity contribution in [3.05, 3.63) is 32.7 Å². The number of carboxylic acid groups (broad SMARTS) is 1. The zero-order valence-corrected chi connectivity index (χ0v) is 13.9. The molecule has 1 atom stereocenters. The predicted molar refractivity (Wildman–Crippen MR) is 79.2 cm³/mol. The van der Waals surface area contributed by atoms with Crippen LogP contribution in [0.25, 0.3) is 0 Å². The highest BCUT2D eigenvalue weighted by Crippen LogP contribution is 2.27. The van der Waals surface area contributed by atoms with E-state index in [2.05, 4.69) is 37.2 Å². The quantitative estimate of drug-likeness (QED) is 0.805. The summed E-state index contributed by atoms with van der Waals surface area (Å²) >= 11 is 6.50. The third kappa shape index (κ3) is 4.04. The fraction of sp³-hybridized carbons (Fsp3) is 0.250. The van der Waals surface area contributed by atoms with Crippen LogP contribution in [-0.4, -0.2) is 35.0 Å². The number of carbonyl (C=O) groups is 3. The average Bonchev–Trinajstić information content (AvgIpc) is 2.35. The minimum absolute atomic E-state index is 0.381. The van der Waals surface area contributed by atoms with E-state index in [4.69, 9.17) is 0 Å².